The first-order valence-corrected chi connectivity index (χ1v) is 12.2. The zero-order valence-electron chi connectivity index (χ0n) is 19.0. The highest BCUT2D eigenvalue weighted by molar-refractivity contribution is 7.89. The topological polar surface area (TPSA) is 84.3 Å². The van der Waals surface area contributed by atoms with Crippen LogP contribution >= 0.6 is 0 Å². The summed E-state index contributed by atoms with van der Waals surface area (Å²) in [6.07, 6.45) is 1.95. The third-order valence-electron chi connectivity index (χ3n) is 5.41. The Labute approximate surface area is 199 Å². The van der Waals surface area contributed by atoms with Crippen LogP contribution in [0.3, 0.4) is 0 Å². The van der Waals surface area contributed by atoms with E-state index in [2.05, 4.69) is 5.32 Å². The molecule has 8 heteroatoms. The molecule has 0 aliphatic heterocycles. The van der Waals surface area contributed by atoms with E-state index in [9.17, 15) is 13.2 Å². The minimum atomic E-state index is -3.54. The number of benzene rings is 3. The molecular weight excluding hydrogens is 448 g/mol. The first-order valence-electron chi connectivity index (χ1n) is 10.8. The molecule has 1 heterocycles. The molecule has 4 aromatic rings. The van der Waals surface area contributed by atoms with E-state index in [1.165, 1.54) is 38.4 Å². The quantitative estimate of drug-likeness (QED) is 0.421. The van der Waals surface area contributed by atoms with Crippen molar-refractivity contribution in [2.24, 2.45) is 0 Å². The van der Waals surface area contributed by atoms with Crippen LogP contribution in [0.2, 0.25) is 0 Å². The van der Waals surface area contributed by atoms with Gasteiger partial charge in [-0.15, -0.1) is 0 Å². The summed E-state index contributed by atoms with van der Waals surface area (Å²) in [6, 6.07) is 25.8. The van der Waals surface area contributed by atoms with Crippen molar-refractivity contribution < 1.29 is 13.2 Å². The van der Waals surface area contributed by atoms with Gasteiger partial charge in [0, 0.05) is 43.5 Å². The highest BCUT2D eigenvalue weighted by atomic mass is 32.2. The van der Waals surface area contributed by atoms with Crippen molar-refractivity contribution >= 4 is 15.9 Å². The molecule has 1 N–H and O–H groups in total. The summed E-state index contributed by atoms with van der Waals surface area (Å²) in [4.78, 5) is 12.9. The van der Waals surface area contributed by atoms with Crippen LogP contribution in [0.1, 0.15) is 21.5 Å². The van der Waals surface area contributed by atoms with Crippen LogP contribution in [0.15, 0.2) is 96.0 Å². The fourth-order valence-electron chi connectivity index (χ4n) is 3.55. The van der Waals surface area contributed by atoms with Crippen molar-refractivity contribution in [2.45, 2.75) is 18.0 Å². The van der Waals surface area contributed by atoms with Gasteiger partial charge < -0.3 is 5.32 Å². The monoisotopic (exact) mass is 474 g/mol. The van der Waals surface area contributed by atoms with E-state index in [1.807, 2.05) is 71.5 Å². The molecular formula is C26H26N4O3S. The minimum Gasteiger partial charge on any atom is -0.348 e. The van der Waals surface area contributed by atoms with Crippen LogP contribution in [0.25, 0.3) is 11.3 Å². The van der Waals surface area contributed by atoms with Crippen molar-refractivity contribution in [1.29, 1.82) is 0 Å². The Balaban J connectivity index is 1.53. The second-order valence-corrected chi connectivity index (χ2v) is 10.2. The maximum absolute atomic E-state index is 12.8. The smallest absolute Gasteiger partial charge is 0.251 e. The standard InChI is InChI=1S/C26H26N4O3S/c1-29(2)34(32,33)24-15-13-22(14-16-24)26(31)27-17-23-19-30(18-20-9-5-3-6-10-20)28-25(23)21-11-7-4-8-12-21/h3-16,19H,17-18H2,1-2H3,(H,27,31). The number of nitrogens with zero attached hydrogens (tertiary/aromatic N) is 3. The summed E-state index contributed by atoms with van der Waals surface area (Å²) >= 11 is 0. The molecule has 3 aromatic carbocycles. The van der Waals surface area contributed by atoms with E-state index in [4.69, 9.17) is 5.10 Å². The number of hydrogen-bond acceptors (Lipinski definition) is 4. The predicted molar refractivity (Wildman–Crippen MR) is 132 cm³/mol. The first kappa shape index (κ1) is 23.4. The highest BCUT2D eigenvalue weighted by Crippen LogP contribution is 2.22. The molecule has 7 nitrogen and oxygen atoms in total. The molecule has 1 amide bonds. The Morgan fingerprint density at radius 1 is 0.912 bits per heavy atom. The van der Waals surface area contributed by atoms with Crippen molar-refractivity contribution in [2.75, 3.05) is 14.1 Å². The van der Waals surface area contributed by atoms with Gasteiger partial charge in [0.1, 0.15) is 0 Å². The van der Waals surface area contributed by atoms with Gasteiger partial charge in [0.2, 0.25) is 10.0 Å². The van der Waals surface area contributed by atoms with E-state index < -0.39 is 10.0 Å². The molecule has 174 valence electrons. The van der Waals surface area contributed by atoms with Crippen LogP contribution in [0.4, 0.5) is 0 Å². The molecule has 4 rings (SSSR count). The maximum atomic E-state index is 12.8. The molecule has 1 aromatic heterocycles. The average molecular weight is 475 g/mol. The highest BCUT2D eigenvalue weighted by Gasteiger charge is 2.18. The van der Waals surface area contributed by atoms with E-state index >= 15 is 0 Å². The van der Waals surface area contributed by atoms with Crippen LogP contribution in [-0.4, -0.2) is 42.5 Å². The van der Waals surface area contributed by atoms with Crippen LogP contribution in [0, 0.1) is 0 Å². The number of sulfonamides is 1. The summed E-state index contributed by atoms with van der Waals surface area (Å²) < 4.78 is 27.5. The largest absolute Gasteiger partial charge is 0.348 e. The Kier molecular flexibility index (Phi) is 6.90. The Morgan fingerprint density at radius 3 is 2.15 bits per heavy atom. The molecule has 0 bridgehead atoms. The SMILES string of the molecule is CN(C)S(=O)(=O)c1ccc(C(=O)NCc2cn(Cc3ccccc3)nc2-c2ccccc2)cc1. The molecule has 0 radical (unpaired) electrons. The van der Waals surface area contributed by atoms with Gasteiger partial charge in [0.05, 0.1) is 17.1 Å². The number of amides is 1. The van der Waals surface area contributed by atoms with Gasteiger partial charge in [-0.3, -0.25) is 9.48 Å². The lowest BCUT2D eigenvalue weighted by Gasteiger charge is -2.11. The number of rotatable bonds is 8. The van der Waals surface area contributed by atoms with Crippen LogP contribution in [-0.2, 0) is 23.1 Å². The fraction of sp³-hybridized carbons (Fsp3) is 0.154. The summed E-state index contributed by atoms with van der Waals surface area (Å²) in [6.45, 7) is 0.909. The van der Waals surface area contributed by atoms with Gasteiger partial charge >= 0.3 is 0 Å². The zero-order chi connectivity index (χ0) is 24.1. The first-order chi connectivity index (χ1) is 16.3. The Bertz CT molecular complexity index is 1360. The molecule has 34 heavy (non-hydrogen) atoms. The minimum absolute atomic E-state index is 0.141. The molecule has 0 fully saturated rings. The number of carbonyl (C=O) groups is 1. The lowest BCUT2D eigenvalue weighted by Crippen LogP contribution is -2.24. The summed E-state index contributed by atoms with van der Waals surface area (Å²) in [5.41, 5.74) is 4.19. The molecule has 0 saturated carbocycles. The normalized spacial score (nSPS) is 11.5. The van der Waals surface area contributed by atoms with Gasteiger partial charge in [-0.1, -0.05) is 60.7 Å². The van der Waals surface area contributed by atoms with E-state index in [0.29, 0.717) is 12.1 Å². The third kappa shape index (κ3) is 5.24. The third-order valence-corrected chi connectivity index (χ3v) is 7.24. The van der Waals surface area contributed by atoms with Crippen molar-refractivity contribution in [3.63, 3.8) is 0 Å². The number of hydrogen-bond donors (Lipinski definition) is 1. The molecule has 0 aliphatic rings. The van der Waals surface area contributed by atoms with Gasteiger partial charge in [-0.2, -0.15) is 5.10 Å². The number of nitrogens with one attached hydrogen (secondary N) is 1. The molecule has 0 spiro atoms. The summed E-state index contributed by atoms with van der Waals surface area (Å²) in [5, 5.41) is 7.71. The van der Waals surface area contributed by atoms with E-state index in [-0.39, 0.29) is 17.3 Å². The van der Waals surface area contributed by atoms with Crippen molar-refractivity contribution in [1.82, 2.24) is 19.4 Å². The van der Waals surface area contributed by atoms with Crippen molar-refractivity contribution in [3.05, 3.63) is 108 Å². The lowest BCUT2D eigenvalue weighted by atomic mass is 10.1. The fourth-order valence-corrected chi connectivity index (χ4v) is 4.45. The van der Waals surface area contributed by atoms with Gasteiger partial charge in [0.15, 0.2) is 0 Å². The summed E-state index contributed by atoms with van der Waals surface area (Å²) in [7, 11) is -0.602. The molecule has 0 aliphatic carbocycles. The van der Waals surface area contributed by atoms with Gasteiger partial charge in [-0.25, -0.2) is 12.7 Å². The van der Waals surface area contributed by atoms with E-state index in [0.717, 1.165) is 26.7 Å². The Morgan fingerprint density at radius 2 is 1.53 bits per heavy atom. The molecule has 0 unspecified atom stereocenters. The second-order valence-electron chi connectivity index (χ2n) is 8.05. The second kappa shape index (κ2) is 10.0. The Hall–Kier alpha value is -3.75. The molecule has 0 atom stereocenters. The lowest BCUT2D eigenvalue weighted by molar-refractivity contribution is 0.0951. The van der Waals surface area contributed by atoms with Crippen molar-refractivity contribution in [3.8, 4) is 11.3 Å². The van der Waals surface area contributed by atoms with Crippen LogP contribution < -0.4 is 5.32 Å². The number of carbonyl (C=O) groups excluding carboxylic acids is 1. The number of aromatic nitrogens is 2. The van der Waals surface area contributed by atoms with Crippen LogP contribution in [0.5, 0.6) is 0 Å². The predicted octanol–water partition coefficient (Wildman–Crippen LogP) is 3.78. The summed E-state index contributed by atoms with van der Waals surface area (Å²) in [5.74, 6) is -0.288. The van der Waals surface area contributed by atoms with E-state index in [1.54, 1.807) is 0 Å². The molecule has 0 saturated heterocycles. The zero-order valence-corrected chi connectivity index (χ0v) is 19.9. The maximum Gasteiger partial charge on any atom is 0.251 e. The van der Waals surface area contributed by atoms with Gasteiger partial charge in [0.25, 0.3) is 5.91 Å². The average Bonchev–Trinajstić information content (AvgIpc) is 3.26. The van der Waals surface area contributed by atoms with Gasteiger partial charge in [-0.05, 0) is 29.8 Å².